The number of nitrogens with zero attached hydrogens (tertiary/aromatic N) is 3. The first-order valence-electron chi connectivity index (χ1n) is 7.58. The summed E-state index contributed by atoms with van der Waals surface area (Å²) >= 11 is 5.92. The van der Waals surface area contributed by atoms with Crippen molar-refractivity contribution in [3.63, 3.8) is 0 Å². The van der Waals surface area contributed by atoms with E-state index in [2.05, 4.69) is 4.98 Å². The Morgan fingerprint density at radius 2 is 1.86 bits per heavy atom. The van der Waals surface area contributed by atoms with Gasteiger partial charge in [-0.3, -0.25) is 9.36 Å². The minimum Gasteiger partial charge on any atom is -0.437 e. The van der Waals surface area contributed by atoms with E-state index in [0.717, 1.165) is 19.2 Å². The van der Waals surface area contributed by atoms with Crippen LogP contribution in [0.3, 0.4) is 0 Å². The SMILES string of the molecule is Cn1c(C(F)(F)F)cc(=O)n(-c2cc(Oc3ccccn3)c(Cl)cc2F)c1=O. The number of alkyl halides is 3. The van der Waals surface area contributed by atoms with Crippen molar-refractivity contribution in [3.8, 4) is 17.3 Å². The van der Waals surface area contributed by atoms with Crippen LogP contribution in [0, 0.1) is 5.82 Å². The van der Waals surface area contributed by atoms with Crippen LogP contribution in [0.25, 0.3) is 5.69 Å². The van der Waals surface area contributed by atoms with E-state index in [4.69, 9.17) is 16.3 Å². The fourth-order valence-electron chi connectivity index (χ4n) is 2.41. The number of halogens is 5. The average molecular weight is 416 g/mol. The summed E-state index contributed by atoms with van der Waals surface area (Å²) in [6.45, 7) is 0. The van der Waals surface area contributed by atoms with Gasteiger partial charge in [-0.15, -0.1) is 0 Å². The number of pyridine rings is 1. The number of hydrogen-bond acceptors (Lipinski definition) is 4. The molecule has 0 aliphatic carbocycles. The minimum atomic E-state index is -4.93. The van der Waals surface area contributed by atoms with Crippen molar-refractivity contribution < 1.29 is 22.3 Å². The highest BCUT2D eigenvalue weighted by Crippen LogP contribution is 2.32. The molecule has 0 aliphatic rings. The second-order valence-electron chi connectivity index (χ2n) is 5.55. The van der Waals surface area contributed by atoms with E-state index >= 15 is 0 Å². The molecule has 0 radical (unpaired) electrons. The Kier molecular flexibility index (Phi) is 4.99. The Morgan fingerprint density at radius 3 is 2.46 bits per heavy atom. The Hall–Kier alpha value is -3.14. The highest BCUT2D eigenvalue weighted by molar-refractivity contribution is 6.32. The van der Waals surface area contributed by atoms with Crippen LogP contribution in [-0.2, 0) is 13.2 Å². The van der Waals surface area contributed by atoms with Gasteiger partial charge in [0.05, 0.1) is 10.7 Å². The van der Waals surface area contributed by atoms with Crippen molar-refractivity contribution in [1.29, 1.82) is 0 Å². The van der Waals surface area contributed by atoms with E-state index in [1.807, 2.05) is 0 Å². The largest absolute Gasteiger partial charge is 0.437 e. The molecule has 146 valence electrons. The molecule has 0 unspecified atom stereocenters. The van der Waals surface area contributed by atoms with Crippen molar-refractivity contribution in [3.05, 3.63) is 80.0 Å². The van der Waals surface area contributed by atoms with Crippen molar-refractivity contribution in [2.75, 3.05) is 0 Å². The molecule has 0 saturated heterocycles. The molecule has 0 atom stereocenters. The monoisotopic (exact) mass is 415 g/mol. The summed E-state index contributed by atoms with van der Waals surface area (Å²) in [5, 5.41) is -0.191. The normalized spacial score (nSPS) is 11.5. The molecule has 0 aliphatic heterocycles. The molecule has 3 aromatic rings. The lowest BCUT2D eigenvalue weighted by Gasteiger charge is -2.15. The maximum absolute atomic E-state index is 14.4. The molecular formula is C17H10ClF4N3O3. The average Bonchev–Trinajstić information content (AvgIpc) is 2.61. The molecule has 28 heavy (non-hydrogen) atoms. The topological polar surface area (TPSA) is 66.1 Å². The van der Waals surface area contributed by atoms with Crippen LogP contribution in [0.5, 0.6) is 11.6 Å². The Balaban J connectivity index is 2.20. The molecule has 0 N–H and O–H groups in total. The number of aromatic nitrogens is 3. The molecule has 0 spiro atoms. The molecule has 0 amide bonds. The highest BCUT2D eigenvalue weighted by atomic mass is 35.5. The van der Waals surface area contributed by atoms with Crippen LogP contribution in [0.15, 0.2) is 52.2 Å². The van der Waals surface area contributed by atoms with Gasteiger partial charge >= 0.3 is 11.9 Å². The van der Waals surface area contributed by atoms with Gasteiger partial charge < -0.3 is 4.74 Å². The van der Waals surface area contributed by atoms with E-state index in [1.54, 1.807) is 12.1 Å². The van der Waals surface area contributed by atoms with E-state index in [-0.39, 0.29) is 31.9 Å². The second kappa shape index (κ2) is 7.12. The maximum atomic E-state index is 14.4. The van der Waals surface area contributed by atoms with Gasteiger partial charge in [0.15, 0.2) is 0 Å². The van der Waals surface area contributed by atoms with Crippen LogP contribution in [0.1, 0.15) is 5.69 Å². The van der Waals surface area contributed by atoms with Gasteiger partial charge in [-0.2, -0.15) is 13.2 Å². The summed E-state index contributed by atoms with van der Waals surface area (Å²) in [5.74, 6) is -1.16. The molecule has 3 rings (SSSR count). The molecule has 0 bridgehead atoms. The van der Waals surface area contributed by atoms with Crippen molar-refractivity contribution in [1.82, 2.24) is 14.1 Å². The first-order valence-corrected chi connectivity index (χ1v) is 7.96. The molecular weight excluding hydrogens is 406 g/mol. The van der Waals surface area contributed by atoms with Gasteiger partial charge in [0, 0.05) is 31.4 Å². The predicted octanol–water partition coefficient (Wildman–Crippen LogP) is 3.53. The Bertz CT molecular complexity index is 1160. The van der Waals surface area contributed by atoms with Crippen LogP contribution >= 0.6 is 11.6 Å². The smallest absolute Gasteiger partial charge is 0.431 e. The van der Waals surface area contributed by atoms with Gasteiger partial charge in [-0.1, -0.05) is 17.7 Å². The summed E-state index contributed by atoms with van der Waals surface area (Å²) in [6.07, 6.45) is -3.51. The van der Waals surface area contributed by atoms with Crippen LogP contribution < -0.4 is 16.0 Å². The fourth-order valence-corrected chi connectivity index (χ4v) is 2.60. The van der Waals surface area contributed by atoms with Crippen molar-refractivity contribution in [2.24, 2.45) is 7.05 Å². The maximum Gasteiger partial charge on any atom is 0.431 e. The lowest BCUT2D eigenvalue weighted by Crippen LogP contribution is -2.41. The quantitative estimate of drug-likeness (QED) is 0.614. The summed E-state index contributed by atoms with van der Waals surface area (Å²) in [6, 6.07) is 6.62. The summed E-state index contributed by atoms with van der Waals surface area (Å²) in [5.41, 5.74) is -4.82. The molecule has 0 saturated carbocycles. The van der Waals surface area contributed by atoms with E-state index in [9.17, 15) is 27.2 Å². The van der Waals surface area contributed by atoms with Gasteiger partial charge in [0.25, 0.3) is 5.56 Å². The van der Waals surface area contributed by atoms with Gasteiger partial charge in [-0.25, -0.2) is 18.7 Å². The predicted molar refractivity (Wildman–Crippen MR) is 91.6 cm³/mol. The first-order chi connectivity index (χ1) is 13.1. The Labute approximate surface area is 159 Å². The minimum absolute atomic E-state index is 0.0922. The fraction of sp³-hybridized carbons (Fsp3) is 0.118. The zero-order chi connectivity index (χ0) is 20.6. The standard InChI is InChI=1S/C17H10ClF4N3O3/c1-24-13(17(20,21)22)8-15(26)25(16(24)27)11-7-12(9(18)6-10(11)19)28-14-4-2-3-5-23-14/h2-8H,1H3. The van der Waals surface area contributed by atoms with E-state index in [1.165, 1.54) is 12.3 Å². The lowest BCUT2D eigenvalue weighted by molar-refractivity contribution is -0.144. The van der Waals surface area contributed by atoms with Crippen LogP contribution in [0.2, 0.25) is 5.02 Å². The third-order valence-corrected chi connectivity index (χ3v) is 4.00. The number of benzene rings is 1. The molecule has 2 heterocycles. The Morgan fingerprint density at radius 1 is 1.14 bits per heavy atom. The molecule has 1 aromatic carbocycles. The summed E-state index contributed by atoms with van der Waals surface area (Å²) in [4.78, 5) is 28.4. The van der Waals surface area contributed by atoms with Gasteiger partial charge in [0.1, 0.15) is 17.3 Å². The van der Waals surface area contributed by atoms with Crippen LogP contribution in [0.4, 0.5) is 17.6 Å². The van der Waals surface area contributed by atoms with Crippen molar-refractivity contribution >= 4 is 11.6 Å². The third kappa shape index (κ3) is 3.63. The van der Waals surface area contributed by atoms with Gasteiger partial charge in [-0.05, 0) is 12.1 Å². The second-order valence-corrected chi connectivity index (χ2v) is 5.95. The lowest BCUT2D eigenvalue weighted by atomic mass is 10.2. The summed E-state index contributed by atoms with van der Waals surface area (Å²) < 4.78 is 59.1. The molecule has 0 fully saturated rings. The summed E-state index contributed by atoms with van der Waals surface area (Å²) in [7, 11) is 0.820. The van der Waals surface area contributed by atoms with Gasteiger partial charge in [0.2, 0.25) is 5.88 Å². The number of ether oxygens (including phenoxy) is 1. The molecule has 2 aromatic heterocycles. The van der Waals surface area contributed by atoms with Crippen LogP contribution in [-0.4, -0.2) is 14.1 Å². The van der Waals surface area contributed by atoms with E-state index < -0.39 is 34.6 Å². The zero-order valence-electron chi connectivity index (χ0n) is 14.0. The molecule has 6 nitrogen and oxygen atoms in total. The number of rotatable bonds is 3. The third-order valence-electron chi connectivity index (χ3n) is 3.71. The molecule has 11 heteroatoms. The van der Waals surface area contributed by atoms with Crippen molar-refractivity contribution in [2.45, 2.75) is 6.18 Å². The first kappa shape index (κ1) is 19.6. The number of hydrogen-bond donors (Lipinski definition) is 0. The van der Waals surface area contributed by atoms with E-state index in [0.29, 0.717) is 0 Å². The zero-order valence-corrected chi connectivity index (χ0v) is 14.8. The highest BCUT2D eigenvalue weighted by Gasteiger charge is 2.35.